The van der Waals surface area contributed by atoms with Crippen molar-refractivity contribution < 1.29 is 9.90 Å². The Morgan fingerprint density at radius 3 is 2.80 bits per heavy atom. The Morgan fingerprint density at radius 2 is 2.40 bits per heavy atom. The molecule has 0 radical (unpaired) electrons. The third-order valence-electron chi connectivity index (χ3n) is 2.38. The minimum Gasteiger partial charge on any atom is -0.481 e. The van der Waals surface area contributed by atoms with Crippen LogP contribution in [0, 0.1) is 5.41 Å². The molecule has 5 heteroatoms. The average Bonchev–Trinajstić information content (AvgIpc) is 2.66. The molecule has 1 aromatic heterocycles. The third kappa shape index (κ3) is 2.54. The molecule has 0 saturated heterocycles. The molecule has 4 nitrogen and oxygen atoms in total. The monoisotopic (exact) mass is 228 g/mol. The average molecular weight is 228 g/mol. The van der Waals surface area contributed by atoms with E-state index in [2.05, 4.69) is 10.3 Å². The number of hydrogen-bond donors (Lipinski definition) is 2. The van der Waals surface area contributed by atoms with Crippen molar-refractivity contribution in [2.24, 2.45) is 5.41 Å². The zero-order chi connectivity index (χ0) is 11.5. The van der Waals surface area contributed by atoms with Crippen LogP contribution in [0.15, 0.2) is 11.6 Å². The van der Waals surface area contributed by atoms with Gasteiger partial charge in [-0.2, -0.15) is 0 Å². The molecule has 0 aliphatic heterocycles. The number of carbonyl (C=O) groups is 1. The number of nitrogens with one attached hydrogen (secondary N) is 1. The number of thiazole rings is 1. The van der Waals surface area contributed by atoms with Crippen LogP contribution in [0.25, 0.3) is 0 Å². The number of hydrogen-bond acceptors (Lipinski definition) is 4. The molecule has 0 aliphatic rings. The highest BCUT2D eigenvalue weighted by Gasteiger charge is 2.38. The number of nitrogens with zero attached hydrogens (tertiary/aromatic N) is 1. The maximum atomic E-state index is 11.2. The molecule has 84 valence electrons. The van der Waals surface area contributed by atoms with Crippen molar-refractivity contribution in [3.63, 3.8) is 0 Å². The second kappa shape index (κ2) is 4.72. The zero-order valence-corrected chi connectivity index (χ0v) is 9.97. The van der Waals surface area contributed by atoms with Gasteiger partial charge in [0.05, 0.1) is 11.5 Å². The summed E-state index contributed by atoms with van der Waals surface area (Å²) in [7, 11) is 0. The van der Waals surface area contributed by atoms with Crippen LogP contribution in [-0.2, 0) is 4.79 Å². The third-order valence-corrected chi connectivity index (χ3v) is 3.22. The van der Waals surface area contributed by atoms with E-state index in [1.54, 1.807) is 20.0 Å². The van der Waals surface area contributed by atoms with Gasteiger partial charge in [-0.3, -0.25) is 4.79 Å². The molecule has 0 fully saturated rings. The number of carboxylic acids is 1. The molecule has 1 rings (SSSR count). The fraction of sp³-hybridized carbons (Fsp3) is 0.600. The topological polar surface area (TPSA) is 62.2 Å². The van der Waals surface area contributed by atoms with E-state index in [1.807, 2.05) is 12.3 Å². The molecule has 1 atom stereocenters. The second-order valence-electron chi connectivity index (χ2n) is 3.89. The number of carboxylic acid groups (broad SMARTS) is 1. The first-order valence-electron chi connectivity index (χ1n) is 4.86. The summed E-state index contributed by atoms with van der Waals surface area (Å²) < 4.78 is 0. The van der Waals surface area contributed by atoms with Crippen molar-refractivity contribution in [2.45, 2.75) is 26.8 Å². The van der Waals surface area contributed by atoms with E-state index < -0.39 is 11.4 Å². The standard InChI is InChI=1S/C10H16N2O2S/c1-4-11-7(8-12-5-6-15-8)10(2,3)9(13)14/h5-7,11H,4H2,1-3H3,(H,13,14). The second-order valence-corrected chi connectivity index (χ2v) is 4.81. The van der Waals surface area contributed by atoms with E-state index >= 15 is 0 Å². The predicted octanol–water partition coefficient (Wildman–Crippen LogP) is 1.90. The molecule has 0 saturated carbocycles. The number of aromatic nitrogens is 1. The zero-order valence-electron chi connectivity index (χ0n) is 9.15. The van der Waals surface area contributed by atoms with Crippen LogP contribution in [-0.4, -0.2) is 22.6 Å². The summed E-state index contributed by atoms with van der Waals surface area (Å²) in [6, 6.07) is -0.236. The highest BCUT2D eigenvalue weighted by Crippen LogP contribution is 2.34. The lowest BCUT2D eigenvalue weighted by atomic mass is 9.84. The summed E-state index contributed by atoms with van der Waals surface area (Å²) in [5.74, 6) is -0.816. The molecule has 0 aliphatic carbocycles. The SMILES string of the molecule is CCNC(c1nccs1)C(C)(C)C(=O)O. The lowest BCUT2D eigenvalue weighted by molar-refractivity contribution is -0.148. The summed E-state index contributed by atoms with van der Waals surface area (Å²) >= 11 is 1.48. The Morgan fingerprint density at radius 1 is 1.73 bits per heavy atom. The van der Waals surface area contributed by atoms with Crippen LogP contribution in [0.4, 0.5) is 0 Å². The number of rotatable bonds is 5. The van der Waals surface area contributed by atoms with Gasteiger partial charge < -0.3 is 10.4 Å². The van der Waals surface area contributed by atoms with Crippen molar-refractivity contribution in [3.05, 3.63) is 16.6 Å². The molecule has 1 aromatic rings. The van der Waals surface area contributed by atoms with Crippen LogP contribution < -0.4 is 5.32 Å². The highest BCUT2D eigenvalue weighted by atomic mass is 32.1. The summed E-state index contributed by atoms with van der Waals surface area (Å²) in [5.41, 5.74) is -0.853. The van der Waals surface area contributed by atoms with Crippen molar-refractivity contribution in [2.75, 3.05) is 6.54 Å². The highest BCUT2D eigenvalue weighted by molar-refractivity contribution is 7.09. The lowest BCUT2D eigenvalue weighted by Gasteiger charge is -2.29. The molecule has 2 N–H and O–H groups in total. The van der Waals surface area contributed by atoms with Crippen LogP contribution >= 0.6 is 11.3 Å². The van der Waals surface area contributed by atoms with Gasteiger partial charge in [0.15, 0.2) is 0 Å². The fourth-order valence-corrected chi connectivity index (χ4v) is 2.25. The van der Waals surface area contributed by atoms with Crippen molar-refractivity contribution >= 4 is 17.3 Å². The Labute approximate surface area is 93.4 Å². The summed E-state index contributed by atoms with van der Waals surface area (Å²) in [5, 5.41) is 15.0. The molecule has 0 amide bonds. The smallest absolute Gasteiger partial charge is 0.311 e. The van der Waals surface area contributed by atoms with Crippen LogP contribution in [0.2, 0.25) is 0 Å². The van der Waals surface area contributed by atoms with Crippen LogP contribution in [0.3, 0.4) is 0 Å². The normalized spacial score (nSPS) is 13.8. The van der Waals surface area contributed by atoms with E-state index in [4.69, 9.17) is 0 Å². The molecule has 1 heterocycles. The Hall–Kier alpha value is -0.940. The minimum absolute atomic E-state index is 0.236. The summed E-state index contributed by atoms with van der Waals surface area (Å²) in [4.78, 5) is 15.3. The first-order valence-corrected chi connectivity index (χ1v) is 5.74. The largest absolute Gasteiger partial charge is 0.481 e. The van der Waals surface area contributed by atoms with E-state index in [0.717, 1.165) is 11.6 Å². The van der Waals surface area contributed by atoms with Gasteiger partial charge in [-0.15, -0.1) is 11.3 Å². The molecule has 0 bridgehead atoms. The summed E-state index contributed by atoms with van der Waals surface area (Å²) in [6.07, 6.45) is 1.70. The van der Waals surface area contributed by atoms with Crippen molar-refractivity contribution in [3.8, 4) is 0 Å². The van der Waals surface area contributed by atoms with Gasteiger partial charge in [-0.05, 0) is 20.4 Å². The Balaban J connectivity index is 2.97. The van der Waals surface area contributed by atoms with Gasteiger partial charge in [0.2, 0.25) is 0 Å². The molecular formula is C10H16N2O2S. The van der Waals surface area contributed by atoms with Gasteiger partial charge in [0.25, 0.3) is 0 Å². The first kappa shape index (κ1) is 12.1. The minimum atomic E-state index is -0.853. The number of aliphatic carboxylic acids is 1. The molecular weight excluding hydrogens is 212 g/mol. The van der Waals surface area contributed by atoms with E-state index in [9.17, 15) is 9.90 Å². The molecule has 0 spiro atoms. The maximum Gasteiger partial charge on any atom is 0.311 e. The van der Waals surface area contributed by atoms with Crippen LogP contribution in [0.1, 0.15) is 31.8 Å². The van der Waals surface area contributed by atoms with Gasteiger partial charge in [0.1, 0.15) is 5.01 Å². The fourth-order valence-electron chi connectivity index (χ4n) is 1.36. The molecule has 0 aromatic carbocycles. The van der Waals surface area contributed by atoms with Crippen LogP contribution in [0.5, 0.6) is 0 Å². The Kier molecular flexibility index (Phi) is 3.82. The van der Waals surface area contributed by atoms with Crippen molar-refractivity contribution in [1.82, 2.24) is 10.3 Å². The van der Waals surface area contributed by atoms with Gasteiger partial charge in [-0.25, -0.2) is 4.98 Å². The molecule has 1 unspecified atom stereocenters. The first-order chi connectivity index (χ1) is 7.00. The van der Waals surface area contributed by atoms with Gasteiger partial charge in [0, 0.05) is 11.6 Å². The van der Waals surface area contributed by atoms with E-state index in [0.29, 0.717) is 0 Å². The molecule has 15 heavy (non-hydrogen) atoms. The Bertz CT molecular complexity index is 322. The van der Waals surface area contributed by atoms with E-state index in [-0.39, 0.29) is 6.04 Å². The van der Waals surface area contributed by atoms with Gasteiger partial charge >= 0.3 is 5.97 Å². The van der Waals surface area contributed by atoms with Gasteiger partial charge in [-0.1, -0.05) is 6.92 Å². The summed E-state index contributed by atoms with van der Waals surface area (Å²) in [6.45, 7) is 6.10. The van der Waals surface area contributed by atoms with Crippen molar-refractivity contribution in [1.29, 1.82) is 0 Å². The predicted molar refractivity (Wildman–Crippen MR) is 59.9 cm³/mol. The maximum absolute atomic E-state index is 11.2. The van der Waals surface area contributed by atoms with E-state index in [1.165, 1.54) is 11.3 Å². The lowest BCUT2D eigenvalue weighted by Crippen LogP contribution is -2.39. The quantitative estimate of drug-likeness (QED) is 0.808.